The molecular formula is C27H31BrN2O3S. The number of quaternary nitrogens is 1. The van der Waals surface area contributed by atoms with Crippen molar-refractivity contribution in [2.24, 2.45) is 11.8 Å². The first-order valence-corrected chi connectivity index (χ1v) is 12.7. The Morgan fingerprint density at radius 1 is 1.00 bits per heavy atom. The van der Waals surface area contributed by atoms with E-state index >= 15 is 0 Å². The number of carbonyl (C=O) groups is 1. The van der Waals surface area contributed by atoms with Crippen LogP contribution in [0.2, 0.25) is 0 Å². The van der Waals surface area contributed by atoms with Crippen LogP contribution in [0.15, 0.2) is 72.1 Å². The highest BCUT2D eigenvalue weighted by molar-refractivity contribution is 7.14. The maximum Gasteiger partial charge on any atom is 0.411 e. The molecule has 0 aliphatic carbocycles. The molecule has 5 nitrogen and oxygen atoms in total. The van der Waals surface area contributed by atoms with Gasteiger partial charge in [0.2, 0.25) is 0 Å². The summed E-state index contributed by atoms with van der Waals surface area (Å²) in [7, 11) is 0. The van der Waals surface area contributed by atoms with Crippen molar-refractivity contribution in [1.29, 1.82) is 0 Å². The molecule has 180 valence electrons. The molecule has 6 rings (SSSR count). The second-order valence-corrected chi connectivity index (χ2v) is 10.1. The predicted molar refractivity (Wildman–Crippen MR) is 133 cm³/mol. The van der Waals surface area contributed by atoms with Gasteiger partial charge >= 0.3 is 6.09 Å². The van der Waals surface area contributed by atoms with Crippen LogP contribution in [0, 0.1) is 11.8 Å². The van der Waals surface area contributed by atoms with Gasteiger partial charge < -0.3 is 30.9 Å². The van der Waals surface area contributed by atoms with E-state index in [4.69, 9.17) is 9.47 Å². The first-order chi connectivity index (χ1) is 16.2. The van der Waals surface area contributed by atoms with Crippen LogP contribution in [0.5, 0.6) is 5.75 Å². The molecule has 3 fully saturated rings. The molecule has 1 amide bonds. The molecule has 34 heavy (non-hydrogen) atoms. The lowest BCUT2D eigenvalue weighted by molar-refractivity contribution is -0.947. The van der Waals surface area contributed by atoms with E-state index in [0.29, 0.717) is 18.4 Å². The number of halogens is 1. The van der Waals surface area contributed by atoms with Gasteiger partial charge in [0.25, 0.3) is 0 Å². The highest BCUT2D eigenvalue weighted by Gasteiger charge is 2.46. The summed E-state index contributed by atoms with van der Waals surface area (Å²) in [5, 5.41) is 4.96. The van der Waals surface area contributed by atoms with Crippen LogP contribution in [-0.4, -0.2) is 50.0 Å². The van der Waals surface area contributed by atoms with Crippen molar-refractivity contribution in [2.45, 2.75) is 12.8 Å². The van der Waals surface area contributed by atoms with Crippen molar-refractivity contribution >= 4 is 23.1 Å². The Hall–Kier alpha value is -2.35. The summed E-state index contributed by atoms with van der Waals surface area (Å²) in [5.74, 6) is 2.02. The molecule has 1 aromatic heterocycles. The van der Waals surface area contributed by atoms with Gasteiger partial charge in [0, 0.05) is 18.8 Å². The number of hydrogen-bond acceptors (Lipinski definition) is 4. The van der Waals surface area contributed by atoms with Crippen LogP contribution in [0.3, 0.4) is 0 Å². The average molecular weight is 544 g/mol. The Balaban J connectivity index is 0.00000274. The smallest absolute Gasteiger partial charge is 0.411 e. The van der Waals surface area contributed by atoms with Gasteiger partial charge in [-0.05, 0) is 35.1 Å². The fraction of sp³-hybridized carbons (Fsp3) is 0.370. The maximum absolute atomic E-state index is 12.6. The molecule has 3 aliphatic heterocycles. The van der Waals surface area contributed by atoms with Crippen molar-refractivity contribution in [2.75, 3.05) is 44.7 Å². The number of para-hydroxylation sites is 1. The van der Waals surface area contributed by atoms with Crippen molar-refractivity contribution in [3.05, 3.63) is 72.1 Å². The number of thiophene rings is 1. The lowest BCUT2D eigenvalue weighted by atomic mass is 9.77. The van der Waals surface area contributed by atoms with E-state index in [-0.39, 0.29) is 23.1 Å². The first-order valence-electron chi connectivity index (χ1n) is 11.8. The Bertz CT molecular complexity index is 1050. The Kier molecular flexibility index (Phi) is 8.29. The molecule has 1 N–H and O–H groups in total. The maximum atomic E-state index is 12.6. The minimum absolute atomic E-state index is 0. The average Bonchev–Trinajstić information content (AvgIpc) is 3.32. The molecule has 3 aromatic rings. The fourth-order valence-electron chi connectivity index (χ4n) is 5.36. The number of benzene rings is 2. The van der Waals surface area contributed by atoms with Gasteiger partial charge in [-0.3, -0.25) is 5.32 Å². The monoisotopic (exact) mass is 542 g/mol. The zero-order valence-electron chi connectivity index (χ0n) is 19.2. The second kappa shape index (κ2) is 11.4. The number of piperidine rings is 3. The molecule has 2 bridgehead atoms. The molecule has 7 heteroatoms. The summed E-state index contributed by atoms with van der Waals surface area (Å²) >= 11 is 1.62. The number of ether oxygens (including phenoxy) is 2. The number of hydrogen-bond donors (Lipinski definition) is 1. The third-order valence-electron chi connectivity index (χ3n) is 7.18. The summed E-state index contributed by atoms with van der Waals surface area (Å²) < 4.78 is 12.8. The highest BCUT2D eigenvalue weighted by Crippen LogP contribution is 2.38. The van der Waals surface area contributed by atoms with Gasteiger partial charge in [0.15, 0.2) is 0 Å². The molecule has 0 spiro atoms. The third-order valence-corrected chi connectivity index (χ3v) is 8.14. The van der Waals surface area contributed by atoms with Crippen molar-refractivity contribution in [3.63, 3.8) is 0 Å². The van der Waals surface area contributed by atoms with Crippen molar-refractivity contribution in [1.82, 2.24) is 0 Å². The van der Waals surface area contributed by atoms with Gasteiger partial charge in [0.05, 0.1) is 30.2 Å². The topological polar surface area (TPSA) is 47.6 Å². The Morgan fingerprint density at radius 3 is 2.44 bits per heavy atom. The normalized spacial score (nSPS) is 23.1. The quantitative estimate of drug-likeness (QED) is 0.445. The number of nitrogens with one attached hydrogen (secondary N) is 1. The van der Waals surface area contributed by atoms with Gasteiger partial charge in [-0.25, -0.2) is 4.79 Å². The van der Waals surface area contributed by atoms with Gasteiger partial charge in [-0.1, -0.05) is 48.5 Å². The van der Waals surface area contributed by atoms with Crippen LogP contribution in [0.4, 0.5) is 10.5 Å². The summed E-state index contributed by atoms with van der Waals surface area (Å²) in [5.41, 5.74) is 1.91. The SMILES string of the molecule is O=C(Nc1ccsc1-c1ccccc1)OCC1C[N+]2(CCOc3ccccc3)CCC1CC2.[Br-]. The van der Waals surface area contributed by atoms with Gasteiger partial charge in [-0.2, -0.15) is 0 Å². The molecular weight excluding hydrogens is 512 g/mol. The first kappa shape index (κ1) is 24.8. The van der Waals surface area contributed by atoms with Gasteiger partial charge in [0.1, 0.15) is 25.5 Å². The van der Waals surface area contributed by atoms with E-state index < -0.39 is 0 Å². The number of rotatable bonds is 8. The van der Waals surface area contributed by atoms with E-state index in [2.05, 4.69) is 17.4 Å². The van der Waals surface area contributed by atoms with Crippen LogP contribution in [0.1, 0.15) is 12.8 Å². The van der Waals surface area contributed by atoms with Crippen LogP contribution < -0.4 is 27.0 Å². The highest BCUT2D eigenvalue weighted by atomic mass is 79.9. The summed E-state index contributed by atoms with van der Waals surface area (Å²) in [6, 6.07) is 22.1. The Morgan fingerprint density at radius 2 is 1.71 bits per heavy atom. The standard InChI is InChI=1S/C27H30N2O3S.BrH/c30-27(28-25-13-18-33-26(25)22-7-3-1-4-8-22)32-20-23-19-29(14-11-21(23)12-15-29)16-17-31-24-9-5-2-6-10-24;/h1-10,13,18,21,23H,11-12,14-17,19-20H2;1H. The third kappa shape index (κ3) is 5.82. The van der Waals surface area contributed by atoms with Crippen LogP contribution >= 0.6 is 11.3 Å². The zero-order chi connectivity index (χ0) is 22.5. The largest absolute Gasteiger partial charge is 1.00 e. The molecule has 1 unspecified atom stereocenters. The summed E-state index contributed by atoms with van der Waals surface area (Å²) in [6.45, 7) is 5.72. The van der Waals surface area contributed by atoms with Crippen molar-refractivity contribution < 1.29 is 35.7 Å². The minimum Gasteiger partial charge on any atom is -1.00 e. The van der Waals surface area contributed by atoms with Crippen molar-refractivity contribution in [3.8, 4) is 16.2 Å². The van der Waals surface area contributed by atoms with E-state index in [9.17, 15) is 4.79 Å². The Labute approximate surface area is 216 Å². The molecule has 0 radical (unpaired) electrons. The van der Waals surface area contributed by atoms with E-state index in [1.54, 1.807) is 11.3 Å². The van der Waals surface area contributed by atoms with E-state index in [1.807, 2.05) is 60.0 Å². The number of nitrogens with zero attached hydrogens (tertiary/aromatic N) is 1. The number of anilines is 1. The number of amides is 1. The molecule has 2 aromatic carbocycles. The fourth-order valence-corrected chi connectivity index (χ4v) is 6.22. The molecule has 1 atom stereocenters. The predicted octanol–water partition coefficient (Wildman–Crippen LogP) is 2.90. The molecule has 3 saturated heterocycles. The number of carbonyl (C=O) groups excluding carboxylic acids is 1. The summed E-state index contributed by atoms with van der Waals surface area (Å²) in [6.07, 6.45) is 2.06. The lowest BCUT2D eigenvalue weighted by Crippen LogP contribution is -3.00. The van der Waals surface area contributed by atoms with Gasteiger partial charge in [-0.15, -0.1) is 11.3 Å². The minimum atomic E-state index is -0.360. The van der Waals surface area contributed by atoms with Crippen LogP contribution in [-0.2, 0) is 4.74 Å². The molecule has 3 aliphatic rings. The molecule has 4 heterocycles. The second-order valence-electron chi connectivity index (χ2n) is 9.21. The summed E-state index contributed by atoms with van der Waals surface area (Å²) in [4.78, 5) is 13.7. The van der Waals surface area contributed by atoms with Crippen LogP contribution in [0.25, 0.3) is 10.4 Å². The number of fused-ring (bicyclic) bond motifs is 3. The van der Waals surface area contributed by atoms with E-state index in [1.165, 1.54) is 25.9 Å². The molecule has 0 saturated carbocycles. The zero-order valence-corrected chi connectivity index (χ0v) is 21.6. The lowest BCUT2D eigenvalue weighted by Gasteiger charge is -2.52. The van der Waals surface area contributed by atoms with E-state index in [0.717, 1.165) is 46.1 Å².